The van der Waals surface area contributed by atoms with Crippen molar-refractivity contribution in [3.05, 3.63) is 69.8 Å². The third-order valence-electron chi connectivity index (χ3n) is 4.99. The zero-order chi connectivity index (χ0) is 21.3. The van der Waals surface area contributed by atoms with Crippen LogP contribution in [0.25, 0.3) is 6.08 Å². The van der Waals surface area contributed by atoms with Gasteiger partial charge in [0.2, 0.25) is 5.91 Å². The number of ether oxygens (including phenoxy) is 1. The van der Waals surface area contributed by atoms with Crippen molar-refractivity contribution in [1.82, 2.24) is 4.90 Å². The predicted molar refractivity (Wildman–Crippen MR) is 121 cm³/mol. The van der Waals surface area contributed by atoms with Crippen LogP contribution < -0.4 is 4.74 Å². The average molecular weight is 382 g/mol. The molecule has 1 amide bonds. The number of rotatable bonds is 8. The summed E-state index contributed by atoms with van der Waals surface area (Å²) in [5.74, 6) is 0.998. The van der Waals surface area contributed by atoms with Crippen LogP contribution in [0.15, 0.2) is 47.6 Å². The van der Waals surface area contributed by atoms with Crippen molar-refractivity contribution in [3.8, 4) is 5.75 Å². The molecule has 0 aliphatic rings. The molecule has 3 heteroatoms. The Bertz CT molecular complexity index is 806. The Morgan fingerprint density at radius 3 is 2.25 bits per heavy atom. The van der Waals surface area contributed by atoms with Crippen LogP contribution in [-0.2, 0) is 4.79 Å². The third-order valence-corrected chi connectivity index (χ3v) is 4.99. The average Bonchev–Trinajstić information content (AvgIpc) is 2.65. The minimum atomic E-state index is 0.0635. The summed E-state index contributed by atoms with van der Waals surface area (Å²) < 4.78 is 5.44. The second kappa shape index (κ2) is 11.3. The molecule has 0 aliphatic heterocycles. The molecule has 0 radical (unpaired) electrons. The molecular weight excluding hydrogens is 346 g/mol. The molecule has 0 saturated heterocycles. The van der Waals surface area contributed by atoms with E-state index in [-0.39, 0.29) is 5.91 Å². The van der Waals surface area contributed by atoms with E-state index in [9.17, 15) is 4.79 Å². The van der Waals surface area contributed by atoms with Gasteiger partial charge in [0.25, 0.3) is 0 Å². The lowest BCUT2D eigenvalue weighted by atomic mass is 9.96. The molecule has 0 N–H and O–H groups in total. The maximum absolute atomic E-state index is 12.1. The third kappa shape index (κ3) is 6.56. The van der Waals surface area contributed by atoms with Gasteiger partial charge in [0.1, 0.15) is 5.75 Å². The van der Waals surface area contributed by atoms with Crippen molar-refractivity contribution >= 4 is 12.0 Å². The first kappa shape index (κ1) is 23.5. The van der Waals surface area contributed by atoms with E-state index in [0.29, 0.717) is 0 Å². The van der Waals surface area contributed by atoms with Crippen LogP contribution in [0.1, 0.15) is 49.9 Å². The zero-order valence-electron chi connectivity index (χ0n) is 18.7. The molecule has 0 fully saturated rings. The minimum absolute atomic E-state index is 0.0635. The van der Waals surface area contributed by atoms with Gasteiger partial charge in [0, 0.05) is 19.2 Å². The van der Waals surface area contributed by atoms with Crippen molar-refractivity contribution < 1.29 is 9.53 Å². The second-order valence-electron chi connectivity index (χ2n) is 7.06. The van der Waals surface area contributed by atoms with Gasteiger partial charge in [0.05, 0.1) is 7.11 Å². The maximum atomic E-state index is 12.1. The van der Waals surface area contributed by atoms with Gasteiger partial charge in [-0.25, -0.2) is 0 Å². The van der Waals surface area contributed by atoms with Crippen molar-refractivity contribution in [3.63, 3.8) is 0 Å². The number of likely N-dealkylation sites (N-methyl/N-ethyl adjacent to an activating group) is 1. The number of carbonyl (C=O) groups excluding carboxylic acids is 1. The Morgan fingerprint density at radius 2 is 1.68 bits per heavy atom. The molecule has 0 unspecified atom stereocenters. The highest BCUT2D eigenvalue weighted by molar-refractivity contribution is 5.88. The number of benzene rings is 1. The summed E-state index contributed by atoms with van der Waals surface area (Å²) in [6, 6.07) is 2.09. The molecule has 0 saturated carbocycles. The van der Waals surface area contributed by atoms with E-state index in [4.69, 9.17) is 4.74 Å². The van der Waals surface area contributed by atoms with E-state index in [1.54, 1.807) is 13.2 Å². The van der Waals surface area contributed by atoms with Crippen LogP contribution in [0, 0.1) is 20.8 Å². The minimum Gasteiger partial charge on any atom is -0.496 e. The number of aryl methyl sites for hydroxylation is 1. The lowest BCUT2D eigenvalue weighted by Crippen LogP contribution is -2.28. The fraction of sp³-hybridized carbons (Fsp3) is 0.400. The highest BCUT2D eigenvalue weighted by Gasteiger charge is 2.08. The Morgan fingerprint density at radius 1 is 1.04 bits per heavy atom. The normalized spacial score (nSPS) is 12.9. The molecule has 0 spiro atoms. The van der Waals surface area contributed by atoms with Crippen molar-refractivity contribution in [2.24, 2.45) is 0 Å². The summed E-state index contributed by atoms with van der Waals surface area (Å²) in [5, 5.41) is 0. The number of hydrogen-bond donors (Lipinski definition) is 0. The van der Waals surface area contributed by atoms with Crippen LogP contribution in [0.3, 0.4) is 0 Å². The van der Waals surface area contributed by atoms with Gasteiger partial charge in [-0.1, -0.05) is 36.0 Å². The van der Waals surface area contributed by atoms with Gasteiger partial charge in [-0.05, 0) is 82.4 Å². The molecule has 1 rings (SSSR count). The maximum Gasteiger partial charge on any atom is 0.246 e. The van der Waals surface area contributed by atoms with Crippen molar-refractivity contribution in [2.45, 2.75) is 48.5 Å². The Kier molecular flexibility index (Phi) is 9.50. The monoisotopic (exact) mass is 381 g/mol. The smallest absolute Gasteiger partial charge is 0.246 e. The van der Waals surface area contributed by atoms with Gasteiger partial charge in [-0.15, -0.1) is 0 Å². The van der Waals surface area contributed by atoms with Crippen LogP contribution in [0.2, 0.25) is 0 Å². The zero-order valence-corrected chi connectivity index (χ0v) is 18.7. The summed E-state index contributed by atoms with van der Waals surface area (Å²) in [6.07, 6.45) is 12.0. The van der Waals surface area contributed by atoms with E-state index < -0.39 is 0 Å². The van der Waals surface area contributed by atoms with Crippen LogP contribution in [0.4, 0.5) is 0 Å². The van der Waals surface area contributed by atoms with Gasteiger partial charge in [-0.2, -0.15) is 0 Å². The van der Waals surface area contributed by atoms with Crippen molar-refractivity contribution in [2.75, 3.05) is 20.2 Å². The van der Waals surface area contributed by atoms with Gasteiger partial charge >= 0.3 is 0 Å². The highest BCUT2D eigenvalue weighted by atomic mass is 16.5. The molecule has 0 bridgehead atoms. The Hall–Kier alpha value is -2.55. The summed E-state index contributed by atoms with van der Waals surface area (Å²) in [4.78, 5) is 13.9. The number of amides is 1. The van der Waals surface area contributed by atoms with Crippen LogP contribution >= 0.6 is 0 Å². The number of nitrogens with zero attached hydrogens (tertiary/aromatic N) is 1. The fourth-order valence-electron chi connectivity index (χ4n) is 3.03. The fourth-order valence-corrected chi connectivity index (χ4v) is 3.03. The van der Waals surface area contributed by atoms with Gasteiger partial charge in [0.15, 0.2) is 0 Å². The lowest BCUT2D eigenvalue weighted by molar-refractivity contribution is -0.125. The first-order valence-electron chi connectivity index (χ1n) is 9.90. The molecule has 0 heterocycles. The van der Waals surface area contributed by atoms with Crippen LogP contribution in [-0.4, -0.2) is 31.0 Å². The second-order valence-corrected chi connectivity index (χ2v) is 7.06. The van der Waals surface area contributed by atoms with E-state index in [1.807, 2.05) is 37.8 Å². The first-order valence-corrected chi connectivity index (χ1v) is 9.90. The van der Waals surface area contributed by atoms with E-state index in [2.05, 4.69) is 52.0 Å². The van der Waals surface area contributed by atoms with Crippen LogP contribution in [0.5, 0.6) is 5.75 Å². The highest BCUT2D eigenvalue weighted by Crippen LogP contribution is 2.28. The lowest BCUT2D eigenvalue weighted by Gasteiger charge is -2.16. The van der Waals surface area contributed by atoms with E-state index in [0.717, 1.165) is 30.0 Å². The molecule has 1 aromatic carbocycles. The topological polar surface area (TPSA) is 29.5 Å². The number of methoxy groups -OCH3 is 1. The molecule has 0 atom stereocenters. The molecule has 0 aromatic heterocycles. The summed E-state index contributed by atoms with van der Waals surface area (Å²) in [7, 11) is 1.71. The van der Waals surface area contributed by atoms with Gasteiger partial charge < -0.3 is 9.64 Å². The molecule has 1 aromatic rings. The Labute approximate surface area is 171 Å². The van der Waals surface area contributed by atoms with Crippen molar-refractivity contribution in [1.29, 1.82) is 0 Å². The largest absolute Gasteiger partial charge is 0.496 e. The summed E-state index contributed by atoms with van der Waals surface area (Å²) >= 11 is 0. The number of allylic oxidation sites excluding steroid dienone is 6. The Balaban J connectivity index is 2.90. The number of hydrogen-bond acceptors (Lipinski definition) is 2. The molecule has 3 nitrogen and oxygen atoms in total. The SMILES string of the molecule is CCN(CC)C(=O)\C=C(C)/C=C/C=C(C)/C=C/c1c(C)cc(OC)c(C)c1C. The van der Waals surface area contributed by atoms with Gasteiger partial charge in [-0.3, -0.25) is 4.79 Å². The standard InChI is InChI=1S/C25H35NO2/c1-9-26(10-2)25(27)16-19(4)13-11-12-18(3)14-15-23-20(5)17-24(28-8)22(7)21(23)6/h11-17H,9-10H2,1-8H3/b13-11+,15-14+,18-12+,19-16-. The quantitative estimate of drug-likeness (QED) is 0.411. The molecule has 0 aliphatic carbocycles. The number of carbonyl (C=O) groups is 1. The summed E-state index contributed by atoms with van der Waals surface area (Å²) in [5.41, 5.74) is 6.94. The summed E-state index contributed by atoms with van der Waals surface area (Å²) in [6.45, 7) is 15.8. The molecule has 28 heavy (non-hydrogen) atoms. The first-order chi connectivity index (χ1) is 13.2. The predicted octanol–water partition coefficient (Wildman–Crippen LogP) is 5.95. The van der Waals surface area contributed by atoms with E-state index >= 15 is 0 Å². The van der Waals surface area contributed by atoms with E-state index in [1.165, 1.54) is 22.3 Å². The molecule has 152 valence electrons. The molecular formula is C25H35NO2.